The molecule has 1 N–H and O–H groups in total. The molecule has 0 fully saturated rings. The first-order valence-corrected chi connectivity index (χ1v) is 15.7. The average molecular weight is 464 g/mol. The molecule has 0 saturated carbocycles. The fourth-order valence-corrected chi connectivity index (χ4v) is 7.02. The van der Waals surface area contributed by atoms with E-state index < -0.39 is 18.1 Å². The molecule has 0 aliphatic rings. The standard InChI is InChI=1S/C27H33NO2SSi/c1-23-17-19-26(20-18-23)31(29,30)28-25(22-24-12-6-4-7-13-24)14-10-11-21-32(2,3)27-15-8-5-9-16-27/h4-9,11-13,15-21,25,28H,10,14,22H2,1-3H3/b21-11+/t25-/m1/s1. The SMILES string of the molecule is Cc1ccc(S(=O)(=O)N[C@H](CC/C=C/[Si](C)(C)c2ccccc2)Cc2ccccc2)cc1. The number of sulfonamides is 1. The molecule has 0 unspecified atom stereocenters. The highest BCUT2D eigenvalue weighted by molar-refractivity contribution is 7.89. The zero-order valence-electron chi connectivity index (χ0n) is 19.2. The minimum Gasteiger partial charge on any atom is -0.208 e. The minimum atomic E-state index is -3.57. The van der Waals surface area contributed by atoms with Crippen molar-refractivity contribution < 1.29 is 8.42 Å². The van der Waals surface area contributed by atoms with Crippen LogP contribution < -0.4 is 9.91 Å². The monoisotopic (exact) mass is 463 g/mol. The number of rotatable bonds is 10. The first kappa shape index (κ1) is 24.2. The molecule has 0 aliphatic carbocycles. The van der Waals surface area contributed by atoms with E-state index in [4.69, 9.17) is 0 Å². The maximum Gasteiger partial charge on any atom is 0.240 e. The smallest absolute Gasteiger partial charge is 0.208 e. The Hall–Kier alpha value is -2.47. The molecule has 3 nitrogen and oxygen atoms in total. The van der Waals surface area contributed by atoms with Crippen LogP contribution in [0.3, 0.4) is 0 Å². The third-order valence-corrected chi connectivity index (χ3v) is 10.1. The molecule has 3 aromatic carbocycles. The van der Waals surface area contributed by atoms with Crippen molar-refractivity contribution >= 4 is 23.3 Å². The van der Waals surface area contributed by atoms with Gasteiger partial charge in [0.15, 0.2) is 0 Å². The third-order valence-electron chi connectivity index (χ3n) is 5.71. The Kier molecular flexibility index (Phi) is 8.24. The second kappa shape index (κ2) is 10.9. The first-order valence-electron chi connectivity index (χ1n) is 11.1. The van der Waals surface area contributed by atoms with E-state index in [-0.39, 0.29) is 6.04 Å². The maximum absolute atomic E-state index is 13.0. The van der Waals surface area contributed by atoms with Crippen molar-refractivity contribution in [3.05, 3.63) is 108 Å². The summed E-state index contributed by atoms with van der Waals surface area (Å²) in [5, 5.41) is 1.40. The summed E-state index contributed by atoms with van der Waals surface area (Å²) >= 11 is 0. The predicted octanol–water partition coefficient (Wildman–Crippen LogP) is 5.38. The Bertz CT molecular complexity index is 1110. The van der Waals surface area contributed by atoms with E-state index in [0.717, 1.165) is 24.0 Å². The van der Waals surface area contributed by atoms with Gasteiger partial charge in [-0.3, -0.25) is 0 Å². The van der Waals surface area contributed by atoms with Gasteiger partial charge in [-0.05, 0) is 43.9 Å². The molecular weight excluding hydrogens is 430 g/mol. The molecule has 0 amide bonds. The number of allylic oxidation sites excluding steroid dienone is 1. The van der Waals surface area contributed by atoms with E-state index >= 15 is 0 Å². The molecule has 32 heavy (non-hydrogen) atoms. The molecule has 0 heterocycles. The van der Waals surface area contributed by atoms with Gasteiger partial charge in [-0.15, -0.1) is 0 Å². The Morgan fingerprint density at radius 3 is 2.09 bits per heavy atom. The van der Waals surface area contributed by atoms with Gasteiger partial charge in [-0.1, -0.05) is 108 Å². The van der Waals surface area contributed by atoms with Crippen molar-refractivity contribution in [2.45, 2.75) is 50.2 Å². The summed E-state index contributed by atoms with van der Waals surface area (Å²) in [5.41, 5.74) is 4.53. The van der Waals surface area contributed by atoms with Crippen LogP contribution in [0.25, 0.3) is 0 Å². The van der Waals surface area contributed by atoms with E-state index in [1.807, 2.05) is 43.3 Å². The van der Waals surface area contributed by atoms with E-state index in [1.54, 1.807) is 12.1 Å². The zero-order chi connectivity index (χ0) is 23.0. The van der Waals surface area contributed by atoms with Crippen molar-refractivity contribution in [3.8, 4) is 0 Å². The van der Waals surface area contributed by atoms with Crippen LogP contribution in [-0.2, 0) is 16.4 Å². The second-order valence-corrected chi connectivity index (χ2v) is 15.0. The lowest BCUT2D eigenvalue weighted by atomic mass is 10.0. The number of hydrogen-bond acceptors (Lipinski definition) is 2. The Morgan fingerprint density at radius 1 is 0.875 bits per heavy atom. The highest BCUT2D eigenvalue weighted by Crippen LogP contribution is 2.15. The normalized spacial score (nSPS) is 13.3. The molecule has 3 rings (SSSR count). The van der Waals surface area contributed by atoms with Gasteiger partial charge < -0.3 is 0 Å². The van der Waals surface area contributed by atoms with Crippen molar-refractivity contribution in [1.82, 2.24) is 4.72 Å². The van der Waals surface area contributed by atoms with Crippen molar-refractivity contribution in [1.29, 1.82) is 0 Å². The Balaban J connectivity index is 1.71. The summed E-state index contributed by atoms with van der Waals surface area (Å²) < 4.78 is 29.0. The molecule has 0 aromatic heterocycles. The molecule has 5 heteroatoms. The molecule has 0 aliphatic heterocycles. The summed E-state index contributed by atoms with van der Waals surface area (Å²) in [4.78, 5) is 0.314. The van der Waals surface area contributed by atoms with Crippen molar-refractivity contribution in [3.63, 3.8) is 0 Å². The minimum absolute atomic E-state index is 0.171. The highest BCUT2D eigenvalue weighted by Gasteiger charge is 2.21. The molecule has 0 bridgehead atoms. The Labute approximate surface area is 194 Å². The van der Waals surface area contributed by atoms with Crippen LogP contribution >= 0.6 is 0 Å². The quantitative estimate of drug-likeness (QED) is 0.411. The van der Waals surface area contributed by atoms with Gasteiger partial charge in [0.05, 0.1) is 4.90 Å². The highest BCUT2D eigenvalue weighted by atomic mass is 32.2. The van der Waals surface area contributed by atoms with Crippen molar-refractivity contribution in [2.75, 3.05) is 0 Å². The maximum atomic E-state index is 13.0. The van der Waals surface area contributed by atoms with Crippen LogP contribution in [-0.4, -0.2) is 22.5 Å². The lowest BCUT2D eigenvalue weighted by Gasteiger charge is -2.20. The van der Waals surface area contributed by atoms with Crippen molar-refractivity contribution in [2.24, 2.45) is 0 Å². The Morgan fingerprint density at radius 2 is 1.47 bits per heavy atom. The number of hydrogen-bond donors (Lipinski definition) is 1. The van der Waals surface area contributed by atoms with Crippen LogP contribution in [0.2, 0.25) is 13.1 Å². The first-order chi connectivity index (χ1) is 15.3. The predicted molar refractivity (Wildman–Crippen MR) is 137 cm³/mol. The van der Waals surface area contributed by atoms with Gasteiger partial charge in [-0.2, -0.15) is 0 Å². The van der Waals surface area contributed by atoms with Gasteiger partial charge in [0.1, 0.15) is 8.07 Å². The van der Waals surface area contributed by atoms with Gasteiger partial charge in [-0.25, -0.2) is 13.1 Å². The molecule has 1 atom stereocenters. The summed E-state index contributed by atoms with van der Waals surface area (Å²) in [6.45, 7) is 6.62. The van der Waals surface area contributed by atoms with Crippen LogP contribution in [0.1, 0.15) is 24.0 Å². The number of aryl methyl sites for hydroxylation is 1. The molecule has 0 spiro atoms. The van der Waals surface area contributed by atoms with Crippen LogP contribution in [0.15, 0.2) is 102 Å². The average Bonchev–Trinajstić information content (AvgIpc) is 2.78. The lowest BCUT2D eigenvalue weighted by Crippen LogP contribution is -2.39. The van der Waals surface area contributed by atoms with E-state index in [1.165, 1.54) is 5.19 Å². The molecule has 3 aromatic rings. The van der Waals surface area contributed by atoms with Crippen LogP contribution in [0.4, 0.5) is 0 Å². The topological polar surface area (TPSA) is 46.2 Å². The zero-order valence-corrected chi connectivity index (χ0v) is 21.0. The van der Waals surface area contributed by atoms with Gasteiger partial charge in [0, 0.05) is 6.04 Å². The van der Waals surface area contributed by atoms with E-state index in [0.29, 0.717) is 11.3 Å². The summed E-state index contributed by atoms with van der Waals surface area (Å²) in [7, 11) is -5.22. The largest absolute Gasteiger partial charge is 0.240 e. The summed E-state index contributed by atoms with van der Waals surface area (Å²) in [6, 6.07) is 27.5. The third kappa shape index (κ3) is 7.02. The van der Waals surface area contributed by atoms with Gasteiger partial charge in [0.25, 0.3) is 0 Å². The fourth-order valence-electron chi connectivity index (χ4n) is 3.75. The van der Waals surface area contributed by atoms with Crippen LogP contribution in [0.5, 0.6) is 0 Å². The van der Waals surface area contributed by atoms with Gasteiger partial charge >= 0.3 is 0 Å². The second-order valence-electron chi connectivity index (χ2n) is 8.89. The van der Waals surface area contributed by atoms with E-state index in [9.17, 15) is 8.42 Å². The summed E-state index contributed by atoms with van der Waals surface area (Å²) in [6.07, 6.45) is 4.48. The van der Waals surface area contributed by atoms with Gasteiger partial charge in [0.2, 0.25) is 10.0 Å². The lowest BCUT2D eigenvalue weighted by molar-refractivity contribution is 0.527. The number of benzene rings is 3. The van der Waals surface area contributed by atoms with Crippen LogP contribution in [0, 0.1) is 6.92 Å². The molecular formula is C27H33NO2SSi. The van der Waals surface area contributed by atoms with E-state index in [2.05, 4.69) is 66.0 Å². The molecule has 0 radical (unpaired) electrons. The fraction of sp³-hybridized carbons (Fsp3) is 0.259. The molecule has 0 saturated heterocycles. The number of nitrogens with one attached hydrogen (secondary N) is 1. The summed E-state index contributed by atoms with van der Waals surface area (Å²) in [5.74, 6) is 0. The molecule has 168 valence electrons.